The molecule has 2 N–H and O–H groups in total. The fraction of sp³-hybridized carbons (Fsp3) is 0.438. The Morgan fingerprint density at radius 2 is 1.95 bits per heavy atom. The van der Waals surface area contributed by atoms with Crippen LogP contribution in [0.25, 0.3) is 0 Å². The first-order valence-corrected chi connectivity index (χ1v) is 6.68. The Morgan fingerprint density at radius 1 is 1.40 bits per heavy atom. The van der Waals surface area contributed by atoms with Gasteiger partial charge in [0, 0.05) is 11.1 Å². The van der Waals surface area contributed by atoms with Crippen LogP contribution in [-0.2, 0) is 4.79 Å². The second-order valence-electron chi connectivity index (χ2n) is 5.53. The third-order valence-corrected chi connectivity index (χ3v) is 3.28. The van der Waals surface area contributed by atoms with Crippen molar-refractivity contribution in [3.8, 4) is 5.75 Å². The van der Waals surface area contributed by atoms with Crippen molar-refractivity contribution in [3.05, 3.63) is 36.4 Å². The van der Waals surface area contributed by atoms with Gasteiger partial charge in [0.25, 0.3) is 0 Å². The van der Waals surface area contributed by atoms with Gasteiger partial charge in [-0.25, -0.2) is 0 Å². The zero-order valence-corrected chi connectivity index (χ0v) is 12.6. The van der Waals surface area contributed by atoms with Crippen molar-refractivity contribution < 1.29 is 14.6 Å². The average molecular weight is 277 g/mol. The normalized spacial score (nSPS) is 12.7. The van der Waals surface area contributed by atoms with Crippen molar-refractivity contribution in [2.24, 2.45) is 5.41 Å². The molecule has 0 bridgehead atoms. The molecule has 0 aliphatic heterocycles. The molecule has 1 atom stereocenters. The molecule has 0 aliphatic carbocycles. The van der Waals surface area contributed by atoms with E-state index in [4.69, 9.17) is 4.74 Å². The molecule has 1 aromatic rings. The maximum absolute atomic E-state index is 12.0. The van der Waals surface area contributed by atoms with E-state index in [1.807, 2.05) is 20.8 Å². The molecule has 1 unspecified atom stereocenters. The Hall–Kier alpha value is -1.81. The lowest BCUT2D eigenvalue weighted by Crippen LogP contribution is -2.29. The summed E-state index contributed by atoms with van der Waals surface area (Å²) in [5, 5.41) is 12.4. The van der Waals surface area contributed by atoms with Gasteiger partial charge in [0.05, 0.1) is 0 Å². The highest BCUT2D eigenvalue weighted by Crippen LogP contribution is 2.23. The van der Waals surface area contributed by atoms with E-state index in [-0.39, 0.29) is 5.91 Å². The molecule has 4 heteroatoms. The molecule has 1 amide bonds. The minimum absolute atomic E-state index is 0.0179. The summed E-state index contributed by atoms with van der Waals surface area (Å²) in [6.45, 7) is 11.1. The predicted molar refractivity (Wildman–Crippen MR) is 80.6 cm³/mol. The fourth-order valence-electron chi connectivity index (χ4n) is 1.31. The standard InChI is InChI=1S/C16H23NO3/c1-6-16(4,5)15(19)17-12-7-9-13(10-8-12)20-14(18)11(2)3/h7-10,14,18H,2,6H2,1,3-5H3,(H,17,19). The van der Waals surface area contributed by atoms with Crippen LogP contribution in [-0.4, -0.2) is 17.3 Å². The maximum Gasteiger partial charge on any atom is 0.230 e. The van der Waals surface area contributed by atoms with Crippen LogP contribution in [0.1, 0.15) is 34.1 Å². The number of nitrogens with one attached hydrogen (secondary N) is 1. The van der Waals surface area contributed by atoms with E-state index < -0.39 is 11.7 Å². The second-order valence-corrected chi connectivity index (χ2v) is 5.53. The number of hydrogen-bond acceptors (Lipinski definition) is 3. The molecule has 110 valence electrons. The van der Waals surface area contributed by atoms with Gasteiger partial charge in [0.1, 0.15) is 5.75 Å². The number of aliphatic hydroxyl groups is 1. The number of carbonyl (C=O) groups is 1. The molecule has 20 heavy (non-hydrogen) atoms. The monoisotopic (exact) mass is 277 g/mol. The Balaban J connectivity index is 2.68. The summed E-state index contributed by atoms with van der Waals surface area (Å²) >= 11 is 0. The first kappa shape index (κ1) is 16.2. The molecular formula is C16H23NO3. The summed E-state index contributed by atoms with van der Waals surface area (Å²) in [6.07, 6.45) is -0.250. The molecule has 0 aromatic heterocycles. The third kappa shape index (κ3) is 4.38. The van der Waals surface area contributed by atoms with E-state index in [0.717, 1.165) is 6.42 Å². The number of rotatable bonds is 6. The van der Waals surface area contributed by atoms with E-state index in [9.17, 15) is 9.90 Å². The van der Waals surface area contributed by atoms with Crippen LogP contribution in [0.5, 0.6) is 5.75 Å². The SMILES string of the molecule is C=C(C)C(O)Oc1ccc(NC(=O)C(C)(C)CC)cc1. The van der Waals surface area contributed by atoms with Crippen molar-refractivity contribution in [3.63, 3.8) is 0 Å². The lowest BCUT2D eigenvalue weighted by Gasteiger charge is -2.21. The Bertz CT molecular complexity index is 477. The highest BCUT2D eigenvalue weighted by Gasteiger charge is 2.25. The molecule has 0 saturated heterocycles. The number of ether oxygens (including phenoxy) is 1. The van der Waals surface area contributed by atoms with E-state index in [1.54, 1.807) is 31.2 Å². The number of benzene rings is 1. The number of anilines is 1. The molecule has 0 spiro atoms. The van der Waals surface area contributed by atoms with Gasteiger partial charge in [0.15, 0.2) is 0 Å². The van der Waals surface area contributed by atoms with Gasteiger partial charge in [-0.2, -0.15) is 0 Å². The molecule has 0 fully saturated rings. The zero-order chi connectivity index (χ0) is 15.3. The van der Waals surface area contributed by atoms with Crippen molar-refractivity contribution >= 4 is 11.6 Å². The van der Waals surface area contributed by atoms with E-state index in [1.165, 1.54) is 0 Å². The number of amides is 1. The van der Waals surface area contributed by atoms with Gasteiger partial charge in [-0.3, -0.25) is 4.79 Å². The van der Waals surface area contributed by atoms with Crippen LogP contribution in [0.15, 0.2) is 36.4 Å². The molecule has 4 nitrogen and oxygen atoms in total. The summed E-state index contributed by atoms with van der Waals surface area (Å²) in [4.78, 5) is 12.0. The van der Waals surface area contributed by atoms with E-state index >= 15 is 0 Å². The zero-order valence-electron chi connectivity index (χ0n) is 12.6. The quantitative estimate of drug-likeness (QED) is 0.619. The molecule has 0 saturated carbocycles. The Labute approximate surface area is 120 Å². The van der Waals surface area contributed by atoms with E-state index in [2.05, 4.69) is 11.9 Å². The van der Waals surface area contributed by atoms with Gasteiger partial charge in [-0.05, 0) is 43.2 Å². The van der Waals surface area contributed by atoms with Crippen LogP contribution in [0.2, 0.25) is 0 Å². The Morgan fingerprint density at radius 3 is 2.40 bits per heavy atom. The van der Waals surface area contributed by atoms with Gasteiger partial charge in [0.2, 0.25) is 12.2 Å². The minimum Gasteiger partial charge on any atom is -0.461 e. The second kappa shape index (κ2) is 6.57. The highest BCUT2D eigenvalue weighted by atomic mass is 16.6. The van der Waals surface area contributed by atoms with Crippen LogP contribution in [0.4, 0.5) is 5.69 Å². The van der Waals surface area contributed by atoms with Gasteiger partial charge in [-0.1, -0.05) is 27.4 Å². The number of carbonyl (C=O) groups excluding carboxylic acids is 1. The van der Waals surface area contributed by atoms with Crippen LogP contribution in [0.3, 0.4) is 0 Å². The first-order valence-electron chi connectivity index (χ1n) is 6.68. The van der Waals surface area contributed by atoms with Crippen molar-refractivity contribution in [2.45, 2.75) is 40.4 Å². The van der Waals surface area contributed by atoms with Gasteiger partial charge in [-0.15, -0.1) is 0 Å². The number of hydrogen-bond donors (Lipinski definition) is 2. The smallest absolute Gasteiger partial charge is 0.230 e. The van der Waals surface area contributed by atoms with E-state index in [0.29, 0.717) is 17.0 Å². The summed E-state index contributed by atoms with van der Waals surface area (Å²) < 4.78 is 5.27. The van der Waals surface area contributed by atoms with Crippen molar-refractivity contribution in [1.29, 1.82) is 0 Å². The molecule has 0 aliphatic rings. The highest BCUT2D eigenvalue weighted by molar-refractivity contribution is 5.94. The van der Waals surface area contributed by atoms with Crippen molar-refractivity contribution in [1.82, 2.24) is 0 Å². The predicted octanol–water partition coefficient (Wildman–Crippen LogP) is 3.33. The topological polar surface area (TPSA) is 58.6 Å². The van der Waals surface area contributed by atoms with Crippen LogP contribution < -0.4 is 10.1 Å². The largest absolute Gasteiger partial charge is 0.461 e. The van der Waals surface area contributed by atoms with Crippen molar-refractivity contribution in [2.75, 3.05) is 5.32 Å². The summed E-state index contributed by atoms with van der Waals surface area (Å²) in [7, 11) is 0. The first-order chi connectivity index (χ1) is 9.26. The molecular weight excluding hydrogens is 254 g/mol. The lowest BCUT2D eigenvalue weighted by atomic mass is 9.89. The van der Waals surface area contributed by atoms with Gasteiger partial charge < -0.3 is 15.2 Å². The summed E-state index contributed by atoms with van der Waals surface area (Å²) in [6, 6.07) is 6.87. The van der Waals surface area contributed by atoms with Gasteiger partial charge >= 0.3 is 0 Å². The summed E-state index contributed by atoms with van der Waals surface area (Å²) in [5.74, 6) is 0.504. The molecule has 0 radical (unpaired) electrons. The molecule has 0 heterocycles. The van der Waals surface area contributed by atoms with Crippen LogP contribution in [0, 0.1) is 5.41 Å². The average Bonchev–Trinajstić information content (AvgIpc) is 2.40. The molecule has 1 aromatic carbocycles. The lowest BCUT2D eigenvalue weighted by molar-refractivity contribution is -0.124. The van der Waals surface area contributed by atoms with Crippen LogP contribution >= 0.6 is 0 Å². The fourth-order valence-corrected chi connectivity index (χ4v) is 1.31. The Kier molecular flexibility index (Phi) is 5.34. The minimum atomic E-state index is -1.02. The molecule has 1 rings (SSSR count). The third-order valence-electron chi connectivity index (χ3n) is 3.28. The maximum atomic E-state index is 12.0. The number of aliphatic hydroxyl groups excluding tert-OH is 1. The summed E-state index contributed by atoms with van der Waals surface area (Å²) in [5.41, 5.74) is 0.839.